The van der Waals surface area contributed by atoms with Crippen LogP contribution in [0.1, 0.15) is 28.8 Å². The number of hydrogen-bond acceptors (Lipinski definition) is 6. The summed E-state index contributed by atoms with van der Waals surface area (Å²) in [5, 5.41) is 13.2. The van der Waals surface area contributed by atoms with Crippen LogP contribution in [0.2, 0.25) is 0 Å². The second-order valence-corrected chi connectivity index (χ2v) is 9.18. The van der Waals surface area contributed by atoms with Crippen molar-refractivity contribution in [3.8, 4) is 11.5 Å². The van der Waals surface area contributed by atoms with E-state index in [0.29, 0.717) is 33.7 Å². The molecule has 3 aromatic carbocycles. The molecule has 0 bridgehead atoms. The lowest BCUT2D eigenvalue weighted by atomic mass is 9.88. The van der Waals surface area contributed by atoms with Gasteiger partial charge in [0.25, 0.3) is 0 Å². The zero-order chi connectivity index (χ0) is 25.4. The minimum Gasteiger partial charge on any atom is -0.454 e. The van der Waals surface area contributed by atoms with Gasteiger partial charge in [-0.2, -0.15) is 0 Å². The molecule has 0 spiro atoms. The van der Waals surface area contributed by atoms with Crippen LogP contribution in [0.25, 0.3) is 10.9 Å². The van der Waals surface area contributed by atoms with Crippen molar-refractivity contribution in [3.63, 3.8) is 0 Å². The molecule has 0 amide bonds. The van der Waals surface area contributed by atoms with Gasteiger partial charge >= 0.3 is 0 Å². The topological polar surface area (TPSA) is 113 Å². The normalized spacial score (nSPS) is 14.8. The van der Waals surface area contributed by atoms with E-state index in [0.717, 1.165) is 19.3 Å². The van der Waals surface area contributed by atoms with Crippen LogP contribution in [0.3, 0.4) is 0 Å². The Hall–Kier alpha value is -4.72. The van der Waals surface area contributed by atoms with E-state index in [1.807, 2.05) is 18.2 Å². The van der Waals surface area contributed by atoms with Gasteiger partial charge in [0.05, 0.1) is 17.0 Å². The van der Waals surface area contributed by atoms with Crippen molar-refractivity contribution >= 4 is 28.3 Å². The Kier molecular flexibility index (Phi) is 5.76. The Morgan fingerprint density at radius 3 is 2.65 bits per heavy atom. The summed E-state index contributed by atoms with van der Waals surface area (Å²) in [7, 11) is 0. The Morgan fingerprint density at radius 2 is 1.81 bits per heavy atom. The van der Waals surface area contributed by atoms with E-state index in [2.05, 4.69) is 44.5 Å². The molecule has 6 rings (SSSR count). The van der Waals surface area contributed by atoms with Crippen molar-refractivity contribution in [1.29, 1.82) is 5.41 Å². The van der Waals surface area contributed by atoms with Gasteiger partial charge in [-0.05, 0) is 54.7 Å². The number of aromatic nitrogens is 3. The molecule has 37 heavy (non-hydrogen) atoms. The molecule has 5 N–H and O–H groups in total. The van der Waals surface area contributed by atoms with E-state index in [9.17, 15) is 4.39 Å². The van der Waals surface area contributed by atoms with Crippen LogP contribution in [0, 0.1) is 11.2 Å². The molecule has 7 nitrogen and oxygen atoms in total. The largest absolute Gasteiger partial charge is 0.454 e. The van der Waals surface area contributed by atoms with Gasteiger partial charge in [0.15, 0.2) is 11.6 Å². The van der Waals surface area contributed by atoms with Crippen molar-refractivity contribution in [2.45, 2.75) is 25.3 Å². The lowest BCUT2D eigenvalue weighted by molar-refractivity contribution is 0.443. The number of nitrogens with one attached hydrogen (secondary N) is 3. The highest BCUT2D eigenvalue weighted by Gasteiger charge is 2.23. The molecule has 8 heteroatoms. The Labute approximate surface area is 213 Å². The van der Waals surface area contributed by atoms with Gasteiger partial charge in [0, 0.05) is 23.0 Å². The van der Waals surface area contributed by atoms with Crippen molar-refractivity contribution < 1.29 is 9.13 Å². The quantitative estimate of drug-likeness (QED) is 0.222. The van der Waals surface area contributed by atoms with Gasteiger partial charge in [-0.25, -0.2) is 14.4 Å². The third-order valence-corrected chi connectivity index (χ3v) is 6.73. The molecule has 1 unspecified atom stereocenters. The van der Waals surface area contributed by atoms with Gasteiger partial charge in [0.1, 0.15) is 23.7 Å². The van der Waals surface area contributed by atoms with Crippen molar-refractivity contribution in [2.24, 2.45) is 0 Å². The zero-order valence-corrected chi connectivity index (χ0v) is 20.0. The first-order valence-corrected chi connectivity index (χ1v) is 12.1. The van der Waals surface area contributed by atoms with Crippen LogP contribution in [-0.4, -0.2) is 26.7 Å². The molecule has 0 aliphatic heterocycles. The second kappa shape index (κ2) is 9.39. The number of para-hydroxylation sites is 1. The fourth-order valence-electron chi connectivity index (χ4n) is 4.87. The number of nitrogens with two attached hydrogens (primary N) is 1. The first-order chi connectivity index (χ1) is 18.0. The number of nitrogens with zero attached hydrogens (tertiary/aromatic N) is 2. The number of aryl methyl sites for hydroxylation is 1. The number of anilines is 2. The average molecular weight is 493 g/mol. The van der Waals surface area contributed by atoms with Gasteiger partial charge in [-0.15, -0.1) is 0 Å². The number of ether oxygens (including phenoxy) is 1. The maximum atomic E-state index is 14.8. The first kappa shape index (κ1) is 22.7. The van der Waals surface area contributed by atoms with Gasteiger partial charge in [-0.1, -0.05) is 42.5 Å². The molecule has 0 saturated carbocycles. The fraction of sp³-hybridized carbons (Fsp3) is 0.138. The summed E-state index contributed by atoms with van der Waals surface area (Å²) in [5.74, 6) is 0.869. The van der Waals surface area contributed by atoms with E-state index in [4.69, 9.17) is 15.9 Å². The van der Waals surface area contributed by atoms with Crippen LogP contribution in [0.5, 0.6) is 11.5 Å². The smallest absolute Gasteiger partial charge is 0.167 e. The fourth-order valence-corrected chi connectivity index (χ4v) is 4.87. The summed E-state index contributed by atoms with van der Waals surface area (Å²) in [6.07, 6.45) is 4.19. The molecule has 184 valence electrons. The van der Waals surface area contributed by atoms with Crippen LogP contribution in [-0.2, 0) is 12.8 Å². The first-order valence-electron chi connectivity index (χ1n) is 12.1. The van der Waals surface area contributed by atoms with Crippen LogP contribution in [0.4, 0.5) is 16.0 Å². The Morgan fingerprint density at radius 1 is 1.03 bits per heavy atom. The highest BCUT2D eigenvalue weighted by molar-refractivity contribution is 6.16. The number of aromatic amines is 1. The summed E-state index contributed by atoms with van der Waals surface area (Å²) in [5.41, 5.74) is 10.5. The lowest BCUT2D eigenvalue weighted by Crippen LogP contribution is -2.29. The third-order valence-electron chi connectivity index (χ3n) is 6.73. The highest BCUT2D eigenvalue weighted by Crippen LogP contribution is 2.31. The lowest BCUT2D eigenvalue weighted by Gasteiger charge is -2.26. The monoisotopic (exact) mass is 492 g/mol. The molecule has 2 aromatic heterocycles. The predicted octanol–water partition coefficient (Wildman–Crippen LogP) is 5.86. The molecule has 0 fully saturated rings. The molecule has 2 heterocycles. The Balaban J connectivity index is 1.29. The van der Waals surface area contributed by atoms with Crippen molar-refractivity contribution in [2.75, 3.05) is 11.1 Å². The van der Waals surface area contributed by atoms with Gasteiger partial charge in [0.2, 0.25) is 0 Å². The summed E-state index contributed by atoms with van der Waals surface area (Å²) < 4.78 is 20.5. The molecular weight excluding hydrogens is 467 g/mol. The summed E-state index contributed by atoms with van der Waals surface area (Å²) in [4.78, 5) is 11.7. The molecule has 1 atom stereocenters. The highest BCUT2D eigenvalue weighted by atomic mass is 19.1. The SMILES string of the molecule is N=C(c1cc2cc(Oc3ccccc3)c(F)cc2[nH]1)c1c(N)ncnc1NC1CCc2ccccc2C1. The van der Waals surface area contributed by atoms with Crippen molar-refractivity contribution in [3.05, 3.63) is 107 Å². The molecule has 1 aliphatic rings. The summed E-state index contributed by atoms with van der Waals surface area (Å²) in [6.45, 7) is 0. The molecule has 0 radical (unpaired) electrons. The third kappa shape index (κ3) is 4.49. The standard InChI is InChI=1S/C29H25FN6O/c30-22-15-23-19(14-25(22)37-21-8-2-1-3-9-21)13-24(36-23)27(31)26-28(32)33-16-34-29(26)35-20-11-10-17-6-4-5-7-18(17)12-20/h1-9,13-16,20,31,36H,10-12H2,(H3,32,33,34,35). The van der Waals surface area contributed by atoms with Crippen molar-refractivity contribution in [1.82, 2.24) is 15.0 Å². The molecule has 1 aliphatic carbocycles. The number of halogens is 1. The maximum absolute atomic E-state index is 14.8. The Bertz CT molecular complexity index is 1610. The number of hydrogen-bond donors (Lipinski definition) is 4. The maximum Gasteiger partial charge on any atom is 0.167 e. The number of fused-ring (bicyclic) bond motifs is 2. The van der Waals surface area contributed by atoms with Crippen LogP contribution >= 0.6 is 0 Å². The molecule has 0 saturated heterocycles. The zero-order valence-electron chi connectivity index (χ0n) is 20.0. The van der Waals surface area contributed by atoms with Gasteiger partial charge < -0.3 is 20.8 Å². The van der Waals surface area contributed by atoms with Gasteiger partial charge in [-0.3, -0.25) is 5.41 Å². The molecule has 5 aromatic rings. The van der Waals surface area contributed by atoms with E-state index in [-0.39, 0.29) is 23.3 Å². The minimum atomic E-state index is -0.501. The number of rotatable bonds is 6. The predicted molar refractivity (Wildman–Crippen MR) is 143 cm³/mol. The van der Waals surface area contributed by atoms with E-state index in [1.165, 1.54) is 23.5 Å². The second-order valence-electron chi connectivity index (χ2n) is 9.18. The summed E-state index contributed by atoms with van der Waals surface area (Å²) >= 11 is 0. The van der Waals surface area contributed by atoms with E-state index >= 15 is 0 Å². The summed E-state index contributed by atoms with van der Waals surface area (Å²) in [6, 6.07) is 22.4. The number of benzene rings is 3. The average Bonchev–Trinajstić information content (AvgIpc) is 3.32. The minimum absolute atomic E-state index is 0.110. The van der Waals surface area contributed by atoms with E-state index in [1.54, 1.807) is 24.3 Å². The van der Waals surface area contributed by atoms with E-state index < -0.39 is 5.82 Å². The molecular formula is C29H25FN6O. The number of H-pyrrole nitrogens is 1. The van der Waals surface area contributed by atoms with Crippen LogP contribution in [0.15, 0.2) is 79.1 Å². The number of nitrogen functional groups attached to an aromatic ring is 1. The van der Waals surface area contributed by atoms with Crippen LogP contribution < -0.4 is 15.8 Å².